The minimum absolute atomic E-state index is 0. The van der Waals surface area contributed by atoms with Gasteiger partial charge in [0.2, 0.25) is 5.91 Å². The van der Waals surface area contributed by atoms with Crippen molar-refractivity contribution < 1.29 is 4.79 Å². The van der Waals surface area contributed by atoms with Crippen molar-refractivity contribution in [2.75, 3.05) is 13.6 Å². The van der Waals surface area contributed by atoms with Crippen LogP contribution in [0, 0.1) is 0 Å². The number of rotatable bonds is 3. The second kappa shape index (κ2) is 6.76. The number of fused-ring (bicyclic) bond motifs is 1. The Morgan fingerprint density at radius 2 is 1.94 bits per heavy atom. The molecule has 3 nitrogen and oxygen atoms in total. The number of hydrogen-bond acceptors (Lipinski definition) is 2. The molecule has 0 bridgehead atoms. The van der Waals surface area contributed by atoms with Gasteiger partial charge >= 0.3 is 0 Å². The van der Waals surface area contributed by atoms with E-state index in [9.17, 15) is 4.79 Å². The molecule has 2 rings (SSSR count). The van der Waals surface area contributed by atoms with E-state index in [1.54, 1.807) is 7.05 Å². The summed E-state index contributed by atoms with van der Waals surface area (Å²) in [6.07, 6.45) is 2.18. The Bertz CT molecular complexity index is 409. The predicted molar refractivity (Wildman–Crippen MR) is 76.1 cm³/mol. The monoisotopic (exact) mass is 268 g/mol. The van der Waals surface area contributed by atoms with Gasteiger partial charge in [0.1, 0.15) is 0 Å². The number of amides is 1. The van der Waals surface area contributed by atoms with Gasteiger partial charge in [-0.05, 0) is 36.9 Å². The molecule has 0 aliphatic heterocycles. The van der Waals surface area contributed by atoms with E-state index in [0.717, 1.165) is 12.8 Å². The lowest BCUT2D eigenvalue weighted by molar-refractivity contribution is -0.121. The average Bonchev–Trinajstić information content (AvgIpc) is 2.34. The van der Waals surface area contributed by atoms with Crippen molar-refractivity contribution in [1.82, 2.24) is 10.6 Å². The highest BCUT2D eigenvalue weighted by atomic mass is 35.5. The fourth-order valence-corrected chi connectivity index (χ4v) is 2.56. The van der Waals surface area contributed by atoms with Gasteiger partial charge in [-0.15, -0.1) is 12.4 Å². The topological polar surface area (TPSA) is 41.1 Å². The highest BCUT2D eigenvalue weighted by Crippen LogP contribution is 2.36. The van der Waals surface area contributed by atoms with Crippen LogP contribution in [0.15, 0.2) is 24.3 Å². The van der Waals surface area contributed by atoms with Crippen LogP contribution in [0.3, 0.4) is 0 Å². The molecular weight excluding hydrogens is 248 g/mol. The zero-order valence-electron chi connectivity index (χ0n) is 10.9. The molecule has 18 heavy (non-hydrogen) atoms. The summed E-state index contributed by atoms with van der Waals surface area (Å²) in [5, 5.41) is 5.97. The lowest BCUT2D eigenvalue weighted by Crippen LogP contribution is -2.36. The van der Waals surface area contributed by atoms with Crippen LogP contribution in [0.2, 0.25) is 0 Å². The van der Waals surface area contributed by atoms with Crippen molar-refractivity contribution in [3.63, 3.8) is 0 Å². The second-order valence-electron chi connectivity index (χ2n) is 4.76. The first-order chi connectivity index (χ1) is 8.22. The molecule has 0 radical (unpaired) electrons. The van der Waals surface area contributed by atoms with Crippen molar-refractivity contribution >= 4 is 18.3 Å². The summed E-state index contributed by atoms with van der Waals surface area (Å²) in [5.74, 6) is 0.672. The van der Waals surface area contributed by atoms with Crippen LogP contribution in [-0.4, -0.2) is 19.5 Å². The molecule has 1 aromatic carbocycles. The van der Waals surface area contributed by atoms with Gasteiger partial charge < -0.3 is 10.6 Å². The first-order valence-corrected chi connectivity index (χ1v) is 6.25. The van der Waals surface area contributed by atoms with E-state index in [1.165, 1.54) is 11.1 Å². The molecule has 1 aliphatic carbocycles. The summed E-state index contributed by atoms with van der Waals surface area (Å²) < 4.78 is 0. The molecule has 100 valence electrons. The second-order valence-corrected chi connectivity index (χ2v) is 4.76. The quantitative estimate of drug-likeness (QED) is 0.884. The molecular formula is C14H21ClN2O. The highest BCUT2D eigenvalue weighted by Gasteiger charge is 2.25. The summed E-state index contributed by atoms with van der Waals surface area (Å²) >= 11 is 0. The smallest absolute Gasteiger partial charge is 0.234 e. The van der Waals surface area contributed by atoms with Gasteiger partial charge in [-0.2, -0.15) is 0 Å². The van der Waals surface area contributed by atoms with Crippen LogP contribution < -0.4 is 10.6 Å². The molecule has 4 heteroatoms. The third-order valence-electron chi connectivity index (χ3n) is 3.46. The van der Waals surface area contributed by atoms with E-state index in [1.807, 2.05) is 6.07 Å². The van der Waals surface area contributed by atoms with Gasteiger partial charge in [0, 0.05) is 0 Å². The molecule has 0 saturated carbocycles. The molecule has 2 unspecified atom stereocenters. The first-order valence-electron chi connectivity index (χ1n) is 6.25. The van der Waals surface area contributed by atoms with Gasteiger partial charge in [0.25, 0.3) is 0 Å². The van der Waals surface area contributed by atoms with Gasteiger partial charge in [0.05, 0.1) is 12.6 Å². The largest absolute Gasteiger partial charge is 0.348 e. The maximum atomic E-state index is 11.6. The van der Waals surface area contributed by atoms with Crippen LogP contribution >= 0.6 is 12.4 Å². The number of hydrogen-bond donors (Lipinski definition) is 2. The SMILES string of the molecule is CNCC(=O)NC1CCC(C)c2ccccc21.Cl. The third-order valence-corrected chi connectivity index (χ3v) is 3.46. The number of likely N-dealkylation sites (N-methyl/N-ethyl adjacent to an activating group) is 1. The van der Waals surface area contributed by atoms with Crippen LogP contribution in [0.25, 0.3) is 0 Å². The van der Waals surface area contributed by atoms with Crippen molar-refractivity contribution in [2.24, 2.45) is 0 Å². The molecule has 0 heterocycles. The highest BCUT2D eigenvalue weighted by molar-refractivity contribution is 5.85. The van der Waals surface area contributed by atoms with E-state index in [2.05, 4.69) is 35.8 Å². The molecule has 0 aromatic heterocycles. The lowest BCUT2D eigenvalue weighted by atomic mass is 9.81. The van der Waals surface area contributed by atoms with Gasteiger partial charge in [-0.3, -0.25) is 4.79 Å². The molecule has 1 aromatic rings. The van der Waals surface area contributed by atoms with Crippen LogP contribution in [-0.2, 0) is 4.79 Å². The number of benzene rings is 1. The molecule has 0 saturated heterocycles. The fraction of sp³-hybridized carbons (Fsp3) is 0.500. The Kier molecular flexibility index (Phi) is 5.63. The Hall–Kier alpha value is -1.06. The first kappa shape index (κ1) is 15.0. The molecule has 1 aliphatic rings. The minimum Gasteiger partial charge on any atom is -0.348 e. The summed E-state index contributed by atoms with van der Waals surface area (Å²) in [6.45, 7) is 2.64. The Morgan fingerprint density at radius 3 is 2.61 bits per heavy atom. The number of carbonyl (C=O) groups is 1. The van der Waals surface area contributed by atoms with E-state index >= 15 is 0 Å². The summed E-state index contributed by atoms with van der Waals surface area (Å²) in [6, 6.07) is 8.62. The van der Waals surface area contributed by atoms with Gasteiger partial charge in [-0.25, -0.2) is 0 Å². The molecule has 0 spiro atoms. The predicted octanol–water partition coefficient (Wildman–Crippen LogP) is 2.38. The Morgan fingerprint density at radius 1 is 1.28 bits per heavy atom. The molecule has 2 N–H and O–H groups in total. The van der Waals surface area contributed by atoms with E-state index in [4.69, 9.17) is 0 Å². The fourth-order valence-electron chi connectivity index (χ4n) is 2.56. The zero-order valence-corrected chi connectivity index (χ0v) is 11.7. The van der Waals surface area contributed by atoms with E-state index < -0.39 is 0 Å². The van der Waals surface area contributed by atoms with Crippen molar-refractivity contribution in [1.29, 1.82) is 0 Å². The number of halogens is 1. The molecule has 2 atom stereocenters. The number of nitrogens with one attached hydrogen (secondary N) is 2. The van der Waals surface area contributed by atoms with Crippen molar-refractivity contribution in [3.8, 4) is 0 Å². The zero-order chi connectivity index (χ0) is 12.3. The van der Waals surface area contributed by atoms with Gasteiger partial charge in [-0.1, -0.05) is 31.2 Å². The number of carbonyl (C=O) groups excluding carboxylic acids is 1. The maximum absolute atomic E-state index is 11.6. The maximum Gasteiger partial charge on any atom is 0.234 e. The van der Waals surface area contributed by atoms with Gasteiger partial charge in [0.15, 0.2) is 0 Å². The normalized spacial score (nSPS) is 21.7. The van der Waals surface area contributed by atoms with Crippen LogP contribution in [0.5, 0.6) is 0 Å². The Labute approximate surface area is 115 Å². The summed E-state index contributed by atoms with van der Waals surface area (Å²) in [5.41, 5.74) is 2.67. The average molecular weight is 269 g/mol. The summed E-state index contributed by atoms with van der Waals surface area (Å²) in [7, 11) is 1.79. The van der Waals surface area contributed by atoms with Crippen molar-refractivity contribution in [3.05, 3.63) is 35.4 Å². The van der Waals surface area contributed by atoms with Crippen LogP contribution in [0.1, 0.15) is 42.9 Å². The minimum atomic E-state index is 0. The van der Waals surface area contributed by atoms with Crippen LogP contribution in [0.4, 0.5) is 0 Å². The standard InChI is InChI=1S/C14H20N2O.ClH/c1-10-7-8-13(16-14(17)9-15-2)12-6-4-3-5-11(10)12;/h3-6,10,13,15H,7-9H2,1-2H3,(H,16,17);1H. The lowest BCUT2D eigenvalue weighted by Gasteiger charge is -2.30. The Balaban J connectivity index is 0.00000162. The summed E-state index contributed by atoms with van der Waals surface area (Å²) in [4.78, 5) is 11.6. The third kappa shape index (κ3) is 3.24. The van der Waals surface area contributed by atoms with E-state index in [-0.39, 0.29) is 24.4 Å². The van der Waals surface area contributed by atoms with Crippen molar-refractivity contribution in [2.45, 2.75) is 31.7 Å². The van der Waals surface area contributed by atoms with E-state index in [0.29, 0.717) is 12.5 Å². The molecule has 0 fully saturated rings. The molecule has 1 amide bonds.